The number of rotatable bonds is 6. The van der Waals surface area contributed by atoms with E-state index in [1.54, 1.807) is 0 Å². The Bertz CT molecular complexity index is 442. The van der Waals surface area contributed by atoms with Gasteiger partial charge in [0.05, 0.1) is 12.1 Å². The Morgan fingerprint density at radius 3 is 2.09 bits per heavy atom. The van der Waals surface area contributed by atoms with Gasteiger partial charge >= 0.3 is 6.18 Å². The van der Waals surface area contributed by atoms with Crippen LogP contribution >= 0.6 is 24.0 Å². The average molecular weight is 431 g/mol. The van der Waals surface area contributed by atoms with Crippen LogP contribution in [0.4, 0.5) is 13.2 Å². The Labute approximate surface area is 145 Å². The van der Waals surface area contributed by atoms with Gasteiger partial charge in [0.1, 0.15) is 12.4 Å². The SMILES string of the molecule is CCNC(=NCCOc1ccc(C(F)(F)F)cc1)NCC.I. The fraction of sp³-hybridized carbons (Fsp3) is 0.500. The minimum absolute atomic E-state index is 0. The largest absolute Gasteiger partial charge is 0.492 e. The van der Waals surface area contributed by atoms with Gasteiger partial charge in [0.15, 0.2) is 5.96 Å². The quantitative estimate of drug-likeness (QED) is 0.315. The van der Waals surface area contributed by atoms with Crippen LogP contribution < -0.4 is 15.4 Å². The van der Waals surface area contributed by atoms with E-state index >= 15 is 0 Å². The maximum Gasteiger partial charge on any atom is 0.416 e. The van der Waals surface area contributed by atoms with Gasteiger partial charge in [0, 0.05) is 13.1 Å². The first-order chi connectivity index (χ1) is 9.97. The first-order valence-corrected chi connectivity index (χ1v) is 6.79. The number of guanidine groups is 1. The average Bonchev–Trinajstić information content (AvgIpc) is 2.43. The number of nitrogens with zero attached hydrogens (tertiary/aromatic N) is 1. The van der Waals surface area contributed by atoms with Gasteiger partial charge in [-0.2, -0.15) is 13.2 Å². The molecule has 8 heteroatoms. The van der Waals surface area contributed by atoms with Crippen molar-refractivity contribution in [3.8, 4) is 5.75 Å². The molecule has 0 heterocycles. The van der Waals surface area contributed by atoms with Crippen LogP contribution in [0.15, 0.2) is 29.3 Å². The standard InChI is InChI=1S/C14H20F3N3O.HI/c1-3-18-13(19-4-2)20-9-10-21-12-7-5-11(6-8-12)14(15,16)17;/h5-8H,3-4,9-10H2,1-2H3,(H2,18,19,20);1H. The summed E-state index contributed by atoms with van der Waals surface area (Å²) in [5.41, 5.74) is -0.686. The first kappa shape index (κ1) is 20.8. The number of hydrogen-bond donors (Lipinski definition) is 2. The Balaban J connectivity index is 0.00000441. The number of benzene rings is 1. The van der Waals surface area contributed by atoms with E-state index in [-0.39, 0.29) is 24.0 Å². The fourth-order valence-electron chi connectivity index (χ4n) is 1.57. The molecule has 0 aliphatic heterocycles. The normalized spacial score (nSPS) is 10.4. The van der Waals surface area contributed by atoms with Crippen molar-refractivity contribution in [3.63, 3.8) is 0 Å². The van der Waals surface area contributed by atoms with Crippen molar-refractivity contribution in [3.05, 3.63) is 29.8 Å². The molecule has 0 amide bonds. The van der Waals surface area contributed by atoms with E-state index < -0.39 is 11.7 Å². The van der Waals surface area contributed by atoms with Gasteiger partial charge in [0.25, 0.3) is 0 Å². The lowest BCUT2D eigenvalue weighted by Gasteiger charge is -2.10. The molecule has 0 spiro atoms. The second kappa shape index (κ2) is 10.5. The number of ether oxygens (including phenoxy) is 1. The highest BCUT2D eigenvalue weighted by atomic mass is 127. The molecular formula is C14H21F3IN3O. The Kier molecular flexibility index (Phi) is 9.95. The second-order valence-electron chi connectivity index (χ2n) is 4.16. The van der Waals surface area contributed by atoms with Crippen molar-refractivity contribution in [2.45, 2.75) is 20.0 Å². The van der Waals surface area contributed by atoms with Gasteiger partial charge in [-0.05, 0) is 38.1 Å². The number of nitrogens with one attached hydrogen (secondary N) is 2. The van der Waals surface area contributed by atoms with Crippen LogP contribution in [-0.4, -0.2) is 32.2 Å². The molecule has 1 aromatic carbocycles. The van der Waals surface area contributed by atoms with Crippen molar-refractivity contribution in [2.24, 2.45) is 4.99 Å². The topological polar surface area (TPSA) is 45.7 Å². The number of hydrogen-bond acceptors (Lipinski definition) is 2. The van der Waals surface area contributed by atoms with Crippen molar-refractivity contribution < 1.29 is 17.9 Å². The predicted molar refractivity (Wildman–Crippen MR) is 92.0 cm³/mol. The number of alkyl halides is 3. The van der Waals surface area contributed by atoms with Crippen LogP contribution in [0.25, 0.3) is 0 Å². The third-order valence-electron chi connectivity index (χ3n) is 2.50. The van der Waals surface area contributed by atoms with Gasteiger partial charge in [-0.3, -0.25) is 0 Å². The van der Waals surface area contributed by atoms with Gasteiger partial charge in [-0.1, -0.05) is 0 Å². The summed E-state index contributed by atoms with van der Waals surface area (Å²) >= 11 is 0. The van der Waals surface area contributed by atoms with Crippen LogP contribution in [0, 0.1) is 0 Å². The molecule has 0 aromatic heterocycles. The molecule has 0 saturated carbocycles. The molecule has 0 aliphatic carbocycles. The first-order valence-electron chi connectivity index (χ1n) is 6.79. The maximum atomic E-state index is 12.4. The summed E-state index contributed by atoms with van der Waals surface area (Å²) in [5.74, 6) is 1.09. The lowest BCUT2D eigenvalue weighted by molar-refractivity contribution is -0.137. The van der Waals surface area contributed by atoms with E-state index in [9.17, 15) is 13.2 Å². The molecule has 22 heavy (non-hydrogen) atoms. The minimum Gasteiger partial charge on any atom is -0.492 e. The molecule has 0 aliphatic rings. The molecule has 2 N–H and O–H groups in total. The Morgan fingerprint density at radius 2 is 1.64 bits per heavy atom. The van der Waals surface area contributed by atoms with Crippen molar-refractivity contribution in [1.82, 2.24) is 10.6 Å². The zero-order valence-electron chi connectivity index (χ0n) is 12.5. The third kappa shape index (κ3) is 7.71. The molecule has 1 aromatic rings. The predicted octanol–water partition coefficient (Wildman–Crippen LogP) is 3.28. The molecule has 126 valence electrons. The van der Waals surface area contributed by atoms with Crippen molar-refractivity contribution in [2.75, 3.05) is 26.2 Å². The smallest absolute Gasteiger partial charge is 0.416 e. The molecule has 0 unspecified atom stereocenters. The van der Waals surface area contributed by atoms with Crippen LogP contribution in [0.1, 0.15) is 19.4 Å². The second-order valence-corrected chi connectivity index (χ2v) is 4.16. The number of aliphatic imine (C=N–C) groups is 1. The van der Waals surface area contributed by atoms with E-state index in [4.69, 9.17) is 4.74 Å². The highest BCUT2D eigenvalue weighted by Crippen LogP contribution is 2.30. The molecule has 0 atom stereocenters. The highest BCUT2D eigenvalue weighted by Gasteiger charge is 2.29. The highest BCUT2D eigenvalue weighted by molar-refractivity contribution is 14.0. The van der Waals surface area contributed by atoms with Crippen LogP contribution in [-0.2, 0) is 6.18 Å². The molecule has 4 nitrogen and oxygen atoms in total. The Hall–Kier alpha value is -1.19. The van der Waals surface area contributed by atoms with Gasteiger partial charge in [-0.25, -0.2) is 4.99 Å². The number of halogens is 4. The molecule has 0 radical (unpaired) electrons. The monoisotopic (exact) mass is 431 g/mol. The van der Waals surface area contributed by atoms with Crippen molar-refractivity contribution in [1.29, 1.82) is 0 Å². The molecule has 1 rings (SSSR count). The van der Waals surface area contributed by atoms with Gasteiger partial charge < -0.3 is 15.4 Å². The van der Waals surface area contributed by atoms with Crippen LogP contribution in [0.5, 0.6) is 5.75 Å². The summed E-state index contributed by atoms with van der Waals surface area (Å²) in [6, 6.07) is 4.62. The molecule has 0 fully saturated rings. The van der Waals surface area contributed by atoms with E-state index in [1.807, 2.05) is 13.8 Å². The maximum absolute atomic E-state index is 12.4. The van der Waals surface area contributed by atoms with E-state index in [1.165, 1.54) is 12.1 Å². The molecule has 0 saturated heterocycles. The summed E-state index contributed by atoms with van der Waals surface area (Å²) in [4.78, 5) is 4.26. The van der Waals surface area contributed by atoms with Gasteiger partial charge in [-0.15, -0.1) is 24.0 Å². The van der Waals surface area contributed by atoms with E-state index in [2.05, 4.69) is 15.6 Å². The lowest BCUT2D eigenvalue weighted by Crippen LogP contribution is -2.37. The third-order valence-corrected chi connectivity index (χ3v) is 2.50. The Morgan fingerprint density at radius 1 is 1.09 bits per heavy atom. The molecule has 0 bridgehead atoms. The van der Waals surface area contributed by atoms with E-state index in [0.717, 1.165) is 25.2 Å². The fourth-order valence-corrected chi connectivity index (χ4v) is 1.57. The van der Waals surface area contributed by atoms with E-state index in [0.29, 0.717) is 24.9 Å². The van der Waals surface area contributed by atoms with Crippen LogP contribution in [0.3, 0.4) is 0 Å². The zero-order valence-corrected chi connectivity index (χ0v) is 14.9. The summed E-state index contributed by atoms with van der Waals surface area (Å²) in [7, 11) is 0. The van der Waals surface area contributed by atoms with Crippen molar-refractivity contribution >= 4 is 29.9 Å². The zero-order chi connectivity index (χ0) is 15.7. The summed E-state index contributed by atoms with van der Waals surface area (Å²) in [6.07, 6.45) is -4.32. The van der Waals surface area contributed by atoms with Crippen LogP contribution in [0.2, 0.25) is 0 Å². The minimum atomic E-state index is -4.32. The summed E-state index contributed by atoms with van der Waals surface area (Å²) < 4.78 is 42.5. The van der Waals surface area contributed by atoms with Gasteiger partial charge in [0.2, 0.25) is 0 Å². The lowest BCUT2D eigenvalue weighted by atomic mass is 10.2. The summed E-state index contributed by atoms with van der Waals surface area (Å²) in [6.45, 7) is 6.15. The summed E-state index contributed by atoms with van der Waals surface area (Å²) in [5, 5.41) is 6.13. The molecular weight excluding hydrogens is 410 g/mol.